The van der Waals surface area contributed by atoms with Gasteiger partial charge in [-0.3, -0.25) is 4.79 Å². The summed E-state index contributed by atoms with van der Waals surface area (Å²) in [4.78, 5) is 17.9. The number of amides is 1. The van der Waals surface area contributed by atoms with Crippen molar-refractivity contribution < 1.29 is 13.7 Å². The van der Waals surface area contributed by atoms with Crippen LogP contribution in [0, 0.1) is 5.82 Å². The summed E-state index contributed by atoms with van der Waals surface area (Å²) >= 11 is 0. The zero-order valence-electron chi connectivity index (χ0n) is 16.9. The monoisotopic (exact) mass is 397 g/mol. The number of likely N-dealkylation sites (tertiary alicyclic amines) is 2. The topological polar surface area (TPSA) is 49.6 Å². The number of rotatable bonds is 3. The predicted molar refractivity (Wildman–Crippen MR) is 107 cm³/mol. The number of benzene rings is 1. The predicted octanol–water partition coefficient (Wildman–Crippen LogP) is 4.17. The van der Waals surface area contributed by atoms with Crippen LogP contribution in [0.4, 0.5) is 4.39 Å². The van der Waals surface area contributed by atoms with Gasteiger partial charge >= 0.3 is 0 Å². The fourth-order valence-corrected chi connectivity index (χ4v) is 5.23. The number of hydrogen-bond donors (Lipinski definition) is 0. The Morgan fingerprint density at radius 2 is 2.03 bits per heavy atom. The van der Waals surface area contributed by atoms with E-state index in [4.69, 9.17) is 4.52 Å². The first-order valence-corrected chi connectivity index (χ1v) is 10.8. The van der Waals surface area contributed by atoms with Gasteiger partial charge in [0.2, 0.25) is 0 Å². The molecule has 0 spiro atoms. The minimum Gasteiger partial charge on any atom is -0.360 e. The quantitative estimate of drug-likeness (QED) is 0.780. The molecule has 2 aliphatic heterocycles. The molecule has 0 unspecified atom stereocenters. The van der Waals surface area contributed by atoms with Crippen LogP contribution in [0.5, 0.6) is 0 Å². The third kappa shape index (κ3) is 3.59. The van der Waals surface area contributed by atoms with Gasteiger partial charge in [-0.2, -0.15) is 0 Å². The van der Waals surface area contributed by atoms with Crippen LogP contribution < -0.4 is 0 Å². The van der Waals surface area contributed by atoms with E-state index in [1.54, 1.807) is 12.1 Å². The first-order valence-electron chi connectivity index (χ1n) is 10.8. The molecule has 2 saturated heterocycles. The van der Waals surface area contributed by atoms with Gasteiger partial charge in [0.15, 0.2) is 5.69 Å². The van der Waals surface area contributed by atoms with Gasteiger partial charge in [0.1, 0.15) is 11.6 Å². The largest absolute Gasteiger partial charge is 0.360 e. The molecule has 1 saturated carbocycles. The molecule has 5 nitrogen and oxygen atoms in total. The van der Waals surface area contributed by atoms with E-state index in [9.17, 15) is 9.18 Å². The zero-order valence-corrected chi connectivity index (χ0v) is 16.9. The molecule has 154 valence electrons. The molecular weight excluding hydrogens is 369 g/mol. The number of carbonyl (C=O) groups is 1. The highest BCUT2D eigenvalue weighted by Gasteiger charge is 2.46. The molecule has 0 N–H and O–H groups in total. The number of fused-ring (bicyclic) bond motifs is 1. The number of aromatic nitrogens is 1. The number of halogens is 1. The lowest BCUT2D eigenvalue weighted by atomic mass is 9.86. The highest BCUT2D eigenvalue weighted by Crippen LogP contribution is 2.41. The number of carbonyl (C=O) groups excluding carboxylic acids is 1. The van der Waals surface area contributed by atoms with Crippen molar-refractivity contribution in [1.29, 1.82) is 0 Å². The Morgan fingerprint density at radius 3 is 2.83 bits per heavy atom. The van der Waals surface area contributed by atoms with Crippen LogP contribution in [0.25, 0.3) is 0 Å². The Kier molecular flexibility index (Phi) is 4.90. The van der Waals surface area contributed by atoms with E-state index in [1.807, 2.05) is 17.0 Å². The van der Waals surface area contributed by atoms with Crippen LogP contribution in [0.15, 0.2) is 34.9 Å². The van der Waals surface area contributed by atoms with Gasteiger partial charge in [-0.05, 0) is 50.4 Å². The van der Waals surface area contributed by atoms with Crippen LogP contribution in [-0.4, -0.2) is 53.1 Å². The second kappa shape index (κ2) is 7.56. The summed E-state index contributed by atoms with van der Waals surface area (Å²) in [5.74, 6) is 1.10. The van der Waals surface area contributed by atoms with Crippen molar-refractivity contribution in [3.05, 3.63) is 53.2 Å². The maximum atomic E-state index is 14.0. The SMILES string of the molecule is CN1C[C@@H](c2cccc(F)c2)[C@H]2[C@H]1CCCCCN2C(=O)c1cc(C2CC2)on1. The summed E-state index contributed by atoms with van der Waals surface area (Å²) in [6, 6.07) is 9.01. The van der Waals surface area contributed by atoms with Crippen LogP contribution in [0.3, 0.4) is 0 Å². The van der Waals surface area contributed by atoms with E-state index >= 15 is 0 Å². The second-order valence-corrected chi connectivity index (χ2v) is 8.90. The Morgan fingerprint density at radius 1 is 1.17 bits per heavy atom. The van der Waals surface area contributed by atoms with Crippen LogP contribution in [0.2, 0.25) is 0 Å². The van der Waals surface area contributed by atoms with Crippen molar-refractivity contribution in [3.63, 3.8) is 0 Å². The maximum absolute atomic E-state index is 14.0. The van der Waals surface area contributed by atoms with E-state index in [0.717, 1.165) is 50.0 Å². The average Bonchev–Trinajstić information content (AvgIpc) is 3.33. The molecule has 29 heavy (non-hydrogen) atoms. The standard InChI is InChI=1S/C23H28FN3O2/c1-26-14-18(16-6-5-7-17(24)12-16)22-20(26)8-3-2-4-11-27(22)23(28)19-13-21(29-25-19)15-9-10-15/h5-7,12-13,15,18,20,22H,2-4,8-11,14H2,1H3/t18-,20+,22-/m0/s1. The van der Waals surface area contributed by atoms with Crippen LogP contribution >= 0.6 is 0 Å². The highest BCUT2D eigenvalue weighted by molar-refractivity contribution is 5.92. The van der Waals surface area contributed by atoms with E-state index in [2.05, 4.69) is 17.1 Å². The number of nitrogens with zero attached hydrogens (tertiary/aromatic N) is 3. The van der Waals surface area contributed by atoms with Crippen molar-refractivity contribution in [1.82, 2.24) is 15.0 Å². The fraction of sp³-hybridized carbons (Fsp3) is 0.565. The molecule has 5 rings (SSSR count). The smallest absolute Gasteiger partial charge is 0.276 e. The molecule has 2 aromatic rings. The zero-order chi connectivity index (χ0) is 20.0. The van der Waals surface area contributed by atoms with Gasteiger partial charge in [-0.1, -0.05) is 30.1 Å². The lowest BCUT2D eigenvalue weighted by Gasteiger charge is -2.38. The van der Waals surface area contributed by atoms with Gasteiger partial charge < -0.3 is 14.3 Å². The Balaban J connectivity index is 1.49. The minimum absolute atomic E-state index is 0.0238. The lowest BCUT2D eigenvalue weighted by molar-refractivity contribution is 0.0576. The molecule has 6 heteroatoms. The van der Waals surface area contributed by atoms with Crippen molar-refractivity contribution >= 4 is 5.91 Å². The summed E-state index contributed by atoms with van der Waals surface area (Å²) in [6.07, 6.45) is 6.56. The van der Waals surface area contributed by atoms with Gasteiger partial charge in [0.05, 0.1) is 6.04 Å². The molecule has 3 heterocycles. The summed E-state index contributed by atoms with van der Waals surface area (Å²) in [5, 5.41) is 4.11. The summed E-state index contributed by atoms with van der Waals surface area (Å²) < 4.78 is 19.4. The third-order valence-electron chi connectivity index (χ3n) is 6.88. The van der Waals surface area contributed by atoms with Crippen molar-refractivity contribution in [2.45, 2.75) is 62.4 Å². The first kappa shape index (κ1) is 18.8. The van der Waals surface area contributed by atoms with Gasteiger partial charge in [-0.25, -0.2) is 4.39 Å². The number of hydrogen-bond acceptors (Lipinski definition) is 4. The molecule has 3 fully saturated rings. The number of likely N-dealkylation sites (N-methyl/N-ethyl adjacent to an activating group) is 1. The Hall–Kier alpha value is -2.21. The Bertz CT molecular complexity index is 894. The molecule has 1 amide bonds. The van der Waals surface area contributed by atoms with Gasteiger partial charge in [0.25, 0.3) is 5.91 Å². The molecule has 1 aromatic carbocycles. The molecule has 0 radical (unpaired) electrons. The molecule has 1 aliphatic carbocycles. The highest BCUT2D eigenvalue weighted by atomic mass is 19.1. The lowest BCUT2D eigenvalue weighted by Crippen LogP contribution is -2.50. The van der Waals surface area contributed by atoms with Crippen molar-refractivity contribution in [2.24, 2.45) is 0 Å². The van der Waals surface area contributed by atoms with E-state index in [0.29, 0.717) is 18.2 Å². The average molecular weight is 397 g/mol. The summed E-state index contributed by atoms with van der Waals surface area (Å²) in [5.41, 5.74) is 1.39. The van der Waals surface area contributed by atoms with E-state index < -0.39 is 0 Å². The van der Waals surface area contributed by atoms with Crippen LogP contribution in [-0.2, 0) is 0 Å². The first-order chi connectivity index (χ1) is 14.1. The minimum atomic E-state index is -0.220. The van der Waals surface area contributed by atoms with Crippen molar-refractivity contribution in [2.75, 3.05) is 20.1 Å². The Labute approximate surface area is 170 Å². The van der Waals surface area contributed by atoms with Crippen molar-refractivity contribution in [3.8, 4) is 0 Å². The van der Waals surface area contributed by atoms with E-state index in [-0.39, 0.29) is 29.7 Å². The molecule has 0 bridgehead atoms. The third-order valence-corrected chi connectivity index (χ3v) is 6.88. The molecule has 3 atom stereocenters. The molecular formula is C23H28FN3O2. The normalized spacial score (nSPS) is 28.1. The fourth-order valence-electron chi connectivity index (χ4n) is 5.23. The molecule has 3 aliphatic rings. The van der Waals surface area contributed by atoms with Gasteiger partial charge in [-0.15, -0.1) is 0 Å². The second-order valence-electron chi connectivity index (χ2n) is 8.90. The van der Waals surface area contributed by atoms with Gasteiger partial charge in [0, 0.05) is 37.0 Å². The van der Waals surface area contributed by atoms with E-state index in [1.165, 1.54) is 12.5 Å². The maximum Gasteiger partial charge on any atom is 0.276 e. The summed E-state index contributed by atoms with van der Waals surface area (Å²) in [7, 11) is 2.13. The molecule has 1 aromatic heterocycles. The van der Waals surface area contributed by atoms with Crippen LogP contribution in [0.1, 0.15) is 72.2 Å². The summed E-state index contributed by atoms with van der Waals surface area (Å²) in [6.45, 7) is 1.54.